The van der Waals surface area contributed by atoms with Crippen LogP contribution in [-0.4, -0.2) is 39.9 Å². The molecule has 0 aromatic rings. The van der Waals surface area contributed by atoms with Gasteiger partial charge in [0, 0.05) is 6.42 Å². The zero-order valence-electron chi connectivity index (χ0n) is 16.2. The highest BCUT2D eigenvalue weighted by Gasteiger charge is 2.22. The number of ketones is 1. The number of rotatable bonds is 18. The van der Waals surface area contributed by atoms with E-state index in [9.17, 15) is 15.0 Å². The Morgan fingerprint density at radius 1 is 0.800 bits per heavy atom. The van der Waals surface area contributed by atoms with Crippen molar-refractivity contribution >= 4 is 5.78 Å². The number of allylic oxidation sites excluding steroid dienone is 2. The van der Waals surface area contributed by atoms with Crippen LogP contribution in [-0.2, 0) is 4.79 Å². The molecule has 1 unspecified atom stereocenters. The standard InChI is InChI=1S/C21H40O4/c1-2-3-4-5-6-7-8-9-10-11-12-13-14-15-16-17-19(23)21(25)20(24)18-22/h9-10,20-22,24-25H,2-8,11-18H2,1H3/b10-9-/t20-,21?/m1/s1. The van der Waals surface area contributed by atoms with E-state index in [0.29, 0.717) is 0 Å². The molecule has 3 N–H and O–H groups in total. The maximum absolute atomic E-state index is 11.5. The number of Topliss-reactive ketones (excluding diaryl/α,β-unsaturated/α-hetero) is 1. The molecule has 0 aliphatic rings. The maximum atomic E-state index is 11.5. The molecule has 0 fully saturated rings. The fourth-order valence-electron chi connectivity index (χ4n) is 2.83. The summed E-state index contributed by atoms with van der Waals surface area (Å²) in [6.45, 7) is 1.66. The van der Waals surface area contributed by atoms with Crippen molar-refractivity contribution in [2.75, 3.05) is 6.61 Å². The van der Waals surface area contributed by atoms with E-state index in [-0.39, 0.29) is 12.2 Å². The molecule has 0 saturated heterocycles. The van der Waals surface area contributed by atoms with E-state index in [4.69, 9.17) is 5.11 Å². The molecule has 2 atom stereocenters. The van der Waals surface area contributed by atoms with Crippen molar-refractivity contribution in [1.82, 2.24) is 0 Å². The van der Waals surface area contributed by atoms with Crippen molar-refractivity contribution in [2.45, 2.75) is 109 Å². The summed E-state index contributed by atoms with van der Waals surface area (Å²) in [4.78, 5) is 11.5. The molecule has 0 amide bonds. The first-order valence-electron chi connectivity index (χ1n) is 10.3. The van der Waals surface area contributed by atoms with Gasteiger partial charge in [-0.3, -0.25) is 4.79 Å². The number of aliphatic hydroxyl groups excluding tert-OH is 3. The molecular weight excluding hydrogens is 316 g/mol. The van der Waals surface area contributed by atoms with E-state index in [1.54, 1.807) is 0 Å². The fraction of sp³-hybridized carbons (Fsp3) is 0.857. The highest BCUT2D eigenvalue weighted by atomic mass is 16.4. The Morgan fingerprint density at radius 2 is 1.28 bits per heavy atom. The van der Waals surface area contributed by atoms with Crippen LogP contribution in [0.1, 0.15) is 96.8 Å². The Bertz CT molecular complexity index is 328. The van der Waals surface area contributed by atoms with Gasteiger partial charge in [0.1, 0.15) is 12.2 Å². The number of carbonyl (C=O) groups excluding carboxylic acids is 1. The van der Waals surface area contributed by atoms with Crippen LogP contribution in [0.25, 0.3) is 0 Å². The van der Waals surface area contributed by atoms with Crippen LogP contribution in [0.4, 0.5) is 0 Å². The molecule has 0 aromatic heterocycles. The quantitative estimate of drug-likeness (QED) is 0.253. The smallest absolute Gasteiger partial charge is 0.164 e. The number of hydrogen-bond donors (Lipinski definition) is 3. The van der Waals surface area contributed by atoms with Crippen LogP contribution in [0, 0.1) is 0 Å². The molecule has 25 heavy (non-hydrogen) atoms. The Hall–Kier alpha value is -0.710. The third kappa shape index (κ3) is 15.3. The largest absolute Gasteiger partial charge is 0.394 e. The van der Waals surface area contributed by atoms with E-state index in [1.165, 1.54) is 51.4 Å². The average molecular weight is 357 g/mol. The van der Waals surface area contributed by atoms with Crippen molar-refractivity contribution < 1.29 is 20.1 Å². The van der Waals surface area contributed by atoms with E-state index in [2.05, 4.69) is 19.1 Å². The van der Waals surface area contributed by atoms with Crippen LogP contribution in [0.15, 0.2) is 12.2 Å². The second kappa shape index (κ2) is 18.1. The van der Waals surface area contributed by atoms with E-state index in [0.717, 1.165) is 32.1 Å². The Morgan fingerprint density at radius 3 is 1.80 bits per heavy atom. The topological polar surface area (TPSA) is 77.8 Å². The van der Waals surface area contributed by atoms with Gasteiger partial charge in [0.15, 0.2) is 5.78 Å². The molecule has 0 heterocycles. The minimum atomic E-state index is -1.44. The van der Waals surface area contributed by atoms with Crippen molar-refractivity contribution in [3.63, 3.8) is 0 Å². The van der Waals surface area contributed by atoms with E-state index >= 15 is 0 Å². The van der Waals surface area contributed by atoms with E-state index < -0.39 is 18.8 Å². The van der Waals surface area contributed by atoms with Gasteiger partial charge in [0.25, 0.3) is 0 Å². The first-order valence-corrected chi connectivity index (χ1v) is 10.3. The Kier molecular flexibility index (Phi) is 17.6. The summed E-state index contributed by atoms with van der Waals surface area (Å²) < 4.78 is 0. The van der Waals surface area contributed by atoms with Crippen LogP contribution < -0.4 is 0 Å². The number of hydrogen-bond acceptors (Lipinski definition) is 4. The van der Waals surface area contributed by atoms with Crippen LogP contribution in [0.5, 0.6) is 0 Å². The highest BCUT2D eigenvalue weighted by molar-refractivity contribution is 5.83. The van der Waals surface area contributed by atoms with Gasteiger partial charge in [-0.15, -0.1) is 0 Å². The fourth-order valence-corrected chi connectivity index (χ4v) is 2.83. The molecule has 4 heteroatoms. The molecule has 0 bridgehead atoms. The zero-order valence-corrected chi connectivity index (χ0v) is 16.2. The van der Waals surface area contributed by atoms with Crippen LogP contribution >= 0.6 is 0 Å². The molecule has 0 aliphatic heterocycles. The summed E-state index contributed by atoms with van der Waals surface area (Å²) in [5, 5.41) is 27.3. The highest BCUT2D eigenvalue weighted by Crippen LogP contribution is 2.11. The van der Waals surface area contributed by atoms with Crippen molar-refractivity contribution in [3.05, 3.63) is 12.2 Å². The molecule has 0 saturated carbocycles. The van der Waals surface area contributed by atoms with Crippen molar-refractivity contribution in [1.29, 1.82) is 0 Å². The number of carbonyl (C=O) groups is 1. The molecule has 0 radical (unpaired) electrons. The van der Waals surface area contributed by atoms with Gasteiger partial charge in [-0.2, -0.15) is 0 Å². The minimum absolute atomic E-state index is 0.274. The van der Waals surface area contributed by atoms with Gasteiger partial charge in [0.05, 0.1) is 6.61 Å². The molecule has 0 rings (SSSR count). The average Bonchev–Trinajstić information content (AvgIpc) is 2.63. The summed E-state index contributed by atoms with van der Waals surface area (Å²) in [5.74, 6) is -0.376. The summed E-state index contributed by atoms with van der Waals surface area (Å²) >= 11 is 0. The molecule has 0 aromatic carbocycles. The van der Waals surface area contributed by atoms with Gasteiger partial charge in [0.2, 0.25) is 0 Å². The van der Waals surface area contributed by atoms with Crippen LogP contribution in [0.3, 0.4) is 0 Å². The first kappa shape index (κ1) is 24.3. The zero-order chi connectivity index (χ0) is 18.8. The molecule has 4 nitrogen and oxygen atoms in total. The third-order valence-electron chi connectivity index (χ3n) is 4.57. The monoisotopic (exact) mass is 356 g/mol. The number of unbranched alkanes of at least 4 members (excludes halogenated alkanes) is 11. The Balaban J connectivity index is 3.33. The maximum Gasteiger partial charge on any atom is 0.164 e. The molecule has 0 aliphatic carbocycles. The number of aliphatic hydroxyl groups is 3. The molecule has 0 spiro atoms. The van der Waals surface area contributed by atoms with Crippen LogP contribution in [0.2, 0.25) is 0 Å². The van der Waals surface area contributed by atoms with Gasteiger partial charge >= 0.3 is 0 Å². The van der Waals surface area contributed by atoms with E-state index in [1.807, 2.05) is 0 Å². The lowest BCUT2D eigenvalue weighted by molar-refractivity contribution is -0.134. The van der Waals surface area contributed by atoms with Gasteiger partial charge < -0.3 is 15.3 Å². The third-order valence-corrected chi connectivity index (χ3v) is 4.57. The lowest BCUT2D eigenvalue weighted by atomic mass is 10.0. The summed E-state index contributed by atoms with van der Waals surface area (Å²) in [5.41, 5.74) is 0. The minimum Gasteiger partial charge on any atom is -0.394 e. The van der Waals surface area contributed by atoms with Gasteiger partial charge in [-0.05, 0) is 32.1 Å². The lowest BCUT2D eigenvalue weighted by Gasteiger charge is -2.13. The summed E-state index contributed by atoms with van der Waals surface area (Å²) in [6.07, 6.45) is 17.7. The SMILES string of the molecule is CCCCCCCC/C=C\CCCCCCCC(=O)C(O)[C@H](O)CO. The normalized spacial score (nSPS) is 14.1. The van der Waals surface area contributed by atoms with Gasteiger partial charge in [-0.1, -0.05) is 70.4 Å². The summed E-state index contributed by atoms with van der Waals surface area (Å²) in [6, 6.07) is 0. The molecular formula is C21H40O4. The summed E-state index contributed by atoms with van der Waals surface area (Å²) in [7, 11) is 0. The second-order valence-electron chi connectivity index (χ2n) is 7.00. The first-order chi connectivity index (χ1) is 12.1. The predicted molar refractivity (Wildman–Crippen MR) is 104 cm³/mol. The van der Waals surface area contributed by atoms with Gasteiger partial charge in [-0.25, -0.2) is 0 Å². The Labute approximate surface area is 154 Å². The second-order valence-corrected chi connectivity index (χ2v) is 7.00. The van der Waals surface area contributed by atoms with Crippen molar-refractivity contribution in [2.24, 2.45) is 0 Å². The predicted octanol–water partition coefficient (Wildman–Crippen LogP) is 4.31. The van der Waals surface area contributed by atoms with Crippen molar-refractivity contribution in [3.8, 4) is 0 Å². The lowest BCUT2D eigenvalue weighted by Crippen LogP contribution is -2.36. The molecule has 148 valence electrons.